The van der Waals surface area contributed by atoms with E-state index in [0.29, 0.717) is 31.1 Å². The zero-order chi connectivity index (χ0) is 15.7. The van der Waals surface area contributed by atoms with Crippen molar-refractivity contribution in [3.63, 3.8) is 0 Å². The first-order chi connectivity index (χ1) is 10.5. The number of anilines is 1. The smallest absolute Gasteiger partial charge is 0.243 e. The molecule has 22 heavy (non-hydrogen) atoms. The Hall–Kier alpha value is -1.44. The van der Waals surface area contributed by atoms with E-state index in [1.807, 2.05) is 31.4 Å². The third-order valence-electron chi connectivity index (χ3n) is 3.89. The van der Waals surface area contributed by atoms with Gasteiger partial charge in [-0.3, -0.25) is 0 Å². The molecule has 1 saturated heterocycles. The van der Waals surface area contributed by atoms with E-state index in [-0.39, 0.29) is 0 Å². The Morgan fingerprint density at radius 2 is 1.86 bits per heavy atom. The summed E-state index contributed by atoms with van der Waals surface area (Å²) in [7, 11) is -3.42. The molecule has 0 radical (unpaired) electrons. The summed E-state index contributed by atoms with van der Waals surface area (Å²) in [5, 5.41) is 2.90. The summed E-state index contributed by atoms with van der Waals surface area (Å²) in [4.78, 5) is 6.85. The first-order valence-corrected chi connectivity index (χ1v) is 9.52. The van der Waals surface area contributed by atoms with E-state index < -0.39 is 10.0 Å². The van der Waals surface area contributed by atoms with E-state index in [1.165, 1.54) is 0 Å². The quantitative estimate of drug-likeness (QED) is 0.862. The van der Waals surface area contributed by atoms with Crippen molar-refractivity contribution in [2.45, 2.75) is 18.7 Å². The summed E-state index contributed by atoms with van der Waals surface area (Å²) in [6.45, 7) is 6.11. The van der Waals surface area contributed by atoms with Crippen LogP contribution in [0, 0.1) is 13.8 Å². The molecule has 2 aromatic rings. The number of benzene rings is 1. The molecule has 0 N–H and O–H groups in total. The lowest BCUT2D eigenvalue weighted by Gasteiger charge is -2.34. The van der Waals surface area contributed by atoms with Crippen LogP contribution in [-0.4, -0.2) is 43.9 Å². The fourth-order valence-corrected chi connectivity index (χ4v) is 5.04. The van der Waals surface area contributed by atoms with Crippen LogP contribution in [0.15, 0.2) is 34.7 Å². The molecule has 5 nitrogen and oxygen atoms in total. The number of aromatic nitrogens is 1. The lowest BCUT2D eigenvalue weighted by atomic mass is 10.2. The minimum Gasteiger partial charge on any atom is -0.345 e. The Balaban J connectivity index is 1.79. The predicted molar refractivity (Wildman–Crippen MR) is 89.0 cm³/mol. The maximum Gasteiger partial charge on any atom is 0.243 e. The highest BCUT2D eigenvalue weighted by atomic mass is 32.2. The second-order valence-corrected chi connectivity index (χ2v) is 8.25. The highest BCUT2D eigenvalue weighted by Gasteiger charge is 2.30. The second kappa shape index (κ2) is 5.98. The third kappa shape index (κ3) is 2.88. The maximum absolute atomic E-state index is 12.8. The van der Waals surface area contributed by atoms with Gasteiger partial charge in [0.15, 0.2) is 5.13 Å². The van der Waals surface area contributed by atoms with Gasteiger partial charge in [-0.1, -0.05) is 12.1 Å². The van der Waals surface area contributed by atoms with Crippen LogP contribution in [0.1, 0.15) is 11.1 Å². The maximum atomic E-state index is 12.8. The molecule has 0 unspecified atom stereocenters. The van der Waals surface area contributed by atoms with Crippen LogP contribution >= 0.6 is 11.3 Å². The average molecular weight is 337 g/mol. The van der Waals surface area contributed by atoms with E-state index in [4.69, 9.17) is 0 Å². The molecular formula is C15H19N3O2S2. The van der Waals surface area contributed by atoms with Gasteiger partial charge < -0.3 is 4.90 Å². The van der Waals surface area contributed by atoms with Gasteiger partial charge in [-0.05, 0) is 31.0 Å². The van der Waals surface area contributed by atoms with Gasteiger partial charge in [0, 0.05) is 37.8 Å². The van der Waals surface area contributed by atoms with Gasteiger partial charge in [0.25, 0.3) is 0 Å². The molecule has 1 aliphatic heterocycles. The van der Waals surface area contributed by atoms with Gasteiger partial charge in [-0.2, -0.15) is 4.31 Å². The summed E-state index contributed by atoms with van der Waals surface area (Å²) < 4.78 is 27.3. The molecule has 0 spiro atoms. The number of nitrogens with zero attached hydrogens (tertiary/aromatic N) is 3. The van der Waals surface area contributed by atoms with Crippen LogP contribution < -0.4 is 4.90 Å². The molecule has 0 amide bonds. The number of hydrogen-bond acceptors (Lipinski definition) is 5. The van der Waals surface area contributed by atoms with Crippen molar-refractivity contribution >= 4 is 26.5 Å². The highest BCUT2D eigenvalue weighted by Crippen LogP contribution is 2.24. The summed E-state index contributed by atoms with van der Waals surface area (Å²) in [5.74, 6) is 0. The van der Waals surface area contributed by atoms with E-state index in [1.54, 1.807) is 27.9 Å². The number of thiazole rings is 1. The van der Waals surface area contributed by atoms with Gasteiger partial charge in [-0.15, -0.1) is 11.3 Å². The molecule has 2 heterocycles. The van der Waals surface area contributed by atoms with Crippen molar-refractivity contribution < 1.29 is 8.42 Å². The molecule has 1 fully saturated rings. The lowest BCUT2D eigenvalue weighted by Crippen LogP contribution is -2.48. The Labute approximate surface area is 135 Å². The van der Waals surface area contributed by atoms with Crippen molar-refractivity contribution in [3.05, 3.63) is 40.9 Å². The minimum absolute atomic E-state index is 0.426. The molecule has 0 saturated carbocycles. The largest absolute Gasteiger partial charge is 0.345 e. The molecule has 1 aromatic heterocycles. The second-order valence-electron chi connectivity index (χ2n) is 5.47. The molecular weight excluding hydrogens is 318 g/mol. The van der Waals surface area contributed by atoms with Gasteiger partial charge in [0.2, 0.25) is 10.0 Å². The highest BCUT2D eigenvalue weighted by molar-refractivity contribution is 7.89. The van der Waals surface area contributed by atoms with Crippen molar-refractivity contribution in [1.29, 1.82) is 0 Å². The minimum atomic E-state index is -3.42. The SMILES string of the molecule is Cc1ccc(C)c(S(=O)(=O)N2CCN(c3nccs3)CC2)c1. The normalized spacial score (nSPS) is 16.9. The average Bonchev–Trinajstić information content (AvgIpc) is 3.04. The van der Waals surface area contributed by atoms with Crippen LogP contribution in [0.2, 0.25) is 0 Å². The molecule has 0 bridgehead atoms. The number of rotatable bonds is 3. The number of sulfonamides is 1. The molecule has 1 aliphatic rings. The van der Waals surface area contributed by atoms with Crippen molar-refractivity contribution in [2.75, 3.05) is 31.1 Å². The molecule has 118 valence electrons. The van der Waals surface area contributed by atoms with Gasteiger partial charge in [0.05, 0.1) is 4.90 Å². The predicted octanol–water partition coefficient (Wildman–Crippen LogP) is 2.27. The van der Waals surface area contributed by atoms with Crippen LogP contribution in [0.5, 0.6) is 0 Å². The summed E-state index contributed by atoms with van der Waals surface area (Å²) >= 11 is 1.59. The van der Waals surface area contributed by atoms with Crippen LogP contribution in [0.4, 0.5) is 5.13 Å². The van der Waals surface area contributed by atoms with Gasteiger partial charge in [-0.25, -0.2) is 13.4 Å². The Kier molecular flexibility index (Phi) is 4.20. The van der Waals surface area contributed by atoms with Crippen LogP contribution in [0.3, 0.4) is 0 Å². The Morgan fingerprint density at radius 3 is 2.50 bits per heavy atom. The fourth-order valence-electron chi connectivity index (χ4n) is 2.62. The topological polar surface area (TPSA) is 53.5 Å². The van der Waals surface area contributed by atoms with Crippen molar-refractivity contribution in [2.24, 2.45) is 0 Å². The van der Waals surface area contributed by atoms with Crippen molar-refractivity contribution in [3.8, 4) is 0 Å². The fraction of sp³-hybridized carbons (Fsp3) is 0.400. The van der Waals surface area contributed by atoms with E-state index in [2.05, 4.69) is 9.88 Å². The van der Waals surface area contributed by atoms with E-state index >= 15 is 0 Å². The van der Waals surface area contributed by atoms with Gasteiger partial charge >= 0.3 is 0 Å². The zero-order valence-corrected chi connectivity index (χ0v) is 14.3. The first-order valence-electron chi connectivity index (χ1n) is 7.20. The zero-order valence-electron chi connectivity index (χ0n) is 12.7. The summed E-state index contributed by atoms with van der Waals surface area (Å²) in [5.41, 5.74) is 1.76. The standard InChI is InChI=1S/C15H19N3O2S2/c1-12-3-4-13(2)14(11-12)22(19,20)18-8-6-17(7-9-18)15-16-5-10-21-15/h3-5,10-11H,6-9H2,1-2H3. The van der Waals surface area contributed by atoms with Crippen molar-refractivity contribution in [1.82, 2.24) is 9.29 Å². The first kappa shape index (κ1) is 15.5. The Bertz CT molecular complexity index is 749. The van der Waals surface area contributed by atoms with Crippen LogP contribution in [0.25, 0.3) is 0 Å². The molecule has 0 aliphatic carbocycles. The van der Waals surface area contributed by atoms with Crippen LogP contribution in [-0.2, 0) is 10.0 Å². The van der Waals surface area contributed by atoms with E-state index in [9.17, 15) is 8.42 Å². The summed E-state index contributed by atoms with van der Waals surface area (Å²) in [6, 6.07) is 5.57. The molecule has 3 rings (SSSR count). The number of hydrogen-bond donors (Lipinski definition) is 0. The summed E-state index contributed by atoms with van der Waals surface area (Å²) in [6.07, 6.45) is 1.78. The number of piperazine rings is 1. The monoisotopic (exact) mass is 337 g/mol. The Morgan fingerprint density at radius 1 is 1.14 bits per heavy atom. The third-order valence-corrected chi connectivity index (χ3v) is 6.76. The van der Waals surface area contributed by atoms with E-state index in [0.717, 1.165) is 16.3 Å². The number of aryl methyl sites for hydroxylation is 2. The lowest BCUT2D eigenvalue weighted by molar-refractivity contribution is 0.384. The molecule has 7 heteroatoms. The van der Waals surface area contributed by atoms with Gasteiger partial charge in [0.1, 0.15) is 0 Å². The molecule has 1 aromatic carbocycles. The molecule has 0 atom stereocenters.